The van der Waals surface area contributed by atoms with Crippen LogP contribution in [0.5, 0.6) is 0 Å². The molecule has 1 aromatic heterocycles. The molecular weight excluding hydrogens is 382 g/mol. The molecule has 0 atom stereocenters. The predicted molar refractivity (Wildman–Crippen MR) is 118 cm³/mol. The van der Waals surface area contributed by atoms with Gasteiger partial charge in [-0.05, 0) is 55.0 Å². The normalized spacial score (nSPS) is 14.0. The number of benzene rings is 2. The van der Waals surface area contributed by atoms with Crippen molar-refractivity contribution < 1.29 is 14.3 Å². The molecule has 0 fully saturated rings. The van der Waals surface area contributed by atoms with Crippen LogP contribution in [0.2, 0.25) is 0 Å². The third-order valence-corrected chi connectivity index (χ3v) is 6.62. The average molecular weight is 408 g/mol. The van der Waals surface area contributed by atoms with Gasteiger partial charge in [0.25, 0.3) is 5.91 Å². The van der Waals surface area contributed by atoms with Gasteiger partial charge in [0.05, 0.1) is 12.2 Å². The first-order chi connectivity index (χ1) is 14.2. The minimum absolute atomic E-state index is 0.193. The molecule has 0 unspecified atom stereocenters. The fourth-order valence-corrected chi connectivity index (χ4v) is 5.29. The number of aryl methyl sites for hydroxylation is 1. The van der Waals surface area contributed by atoms with E-state index in [1.165, 1.54) is 29.1 Å². The maximum atomic E-state index is 13.2. The maximum absolute atomic E-state index is 13.2. The summed E-state index contributed by atoms with van der Waals surface area (Å²) in [5, 5.41) is 5.57. The van der Waals surface area contributed by atoms with Gasteiger partial charge in [-0.25, -0.2) is 4.79 Å². The van der Waals surface area contributed by atoms with E-state index in [9.17, 15) is 9.59 Å². The number of thiophene rings is 1. The summed E-state index contributed by atoms with van der Waals surface area (Å²) in [5.74, 6) is -0.527. The Labute approximate surface area is 174 Å². The number of anilines is 1. The number of hydrogen-bond donors (Lipinski definition) is 1. The van der Waals surface area contributed by atoms with Crippen molar-refractivity contribution in [3.63, 3.8) is 0 Å². The molecular formula is C24H25NO3S. The fraction of sp³-hybridized carbons (Fsp3) is 0.333. The molecule has 29 heavy (non-hydrogen) atoms. The van der Waals surface area contributed by atoms with E-state index < -0.39 is 0 Å². The molecule has 1 aliphatic rings. The number of amides is 1. The Morgan fingerprint density at radius 3 is 2.59 bits per heavy atom. The van der Waals surface area contributed by atoms with E-state index in [0.717, 1.165) is 42.0 Å². The lowest BCUT2D eigenvalue weighted by atomic mass is 9.96. The molecule has 4 nitrogen and oxygen atoms in total. The van der Waals surface area contributed by atoms with Crippen molar-refractivity contribution in [2.45, 2.75) is 45.4 Å². The van der Waals surface area contributed by atoms with Crippen LogP contribution in [0.4, 0.5) is 5.00 Å². The monoisotopic (exact) mass is 407 g/mol. The van der Waals surface area contributed by atoms with Gasteiger partial charge in [-0.3, -0.25) is 4.79 Å². The lowest BCUT2D eigenvalue weighted by molar-refractivity contribution is 0.0526. The van der Waals surface area contributed by atoms with Crippen molar-refractivity contribution in [1.82, 2.24) is 0 Å². The summed E-state index contributed by atoms with van der Waals surface area (Å²) in [5.41, 5.74) is 2.24. The Bertz CT molecular complexity index is 1050. The summed E-state index contributed by atoms with van der Waals surface area (Å²) in [6.45, 7) is 2.13. The lowest BCUT2D eigenvalue weighted by Gasteiger charge is -2.12. The molecule has 0 aliphatic heterocycles. The summed E-state index contributed by atoms with van der Waals surface area (Å²) in [6, 6.07) is 13.5. The highest BCUT2D eigenvalue weighted by Crippen LogP contribution is 2.38. The van der Waals surface area contributed by atoms with Crippen molar-refractivity contribution in [3.8, 4) is 0 Å². The van der Waals surface area contributed by atoms with Gasteiger partial charge in [0.1, 0.15) is 5.00 Å². The van der Waals surface area contributed by atoms with Gasteiger partial charge in [0, 0.05) is 10.4 Å². The molecule has 1 amide bonds. The van der Waals surface area contributed by atoms with E-state index in [2.05, 4.69) is 5.32 Å². The average Bonchev–Trinajstić information content (AvgIpc) is 3.03. The highest BCUT2D eigenvalue weighted by molar-refractivity contribution is 7.17. The summed E-state index contributed by atoms with van der Waals surface area (Å²) in [6.07, 6.45) is 6.39. The predicted octanol–water partition coefficient (Wildman–Crippen LogP) is 5.99. The van der Waals surface area contributed by atoms with E-state index in [-0.39, 0.29) is 11.9 Å². The fourth-order valence-electron chi connectivity index (χ4n) is 4.02. The van der Waals surface area contributed by atoms with Gasteiger partial charge in [-0.15, -0.1) is 11.3 Å². The van der Waals surface area contributed by atoms with Gasteiger partial charge in [0.2, 0.25) is 0 Å². The van der Waals surface area contributed by atoms with Gasteiger partial charge < -0.3 is 10.1 Å². The van der Waals surface area contributed by atoms with Gasteiger partial charge in [0.15, 0.2) is 0 Å². The first kappa shape index (κ1) is 19.6. The maximum Gasteiger partial charge on any atom is 0.341 e. The van der Waals surface area contributed by atoms with E-state index in [1.807, 2.05) is 49.4 Å². The first-order valence-corrected chi connectivity index (χ1v) is 11.1. The minimum atomic E-state index is -0.334. The van der Waals surface area contributed by atoms with Gasteiger partial charge in [-0.1, -0.05) is 49.2 Å². The van der Waals surface area contributed by atoms with Crippen LogP contribution < -0.4 is 5.32 Å². The topological polar surface area (TPSA) is 55.4 Å². The van der Waals surface area contributed by atoms with E-state index >= 15 is 0 Å². The van der Waals surface area contributed by atoms with Crippen LogP contribution in [-0.4, -0.2) is 18.5 Å². The van der Waals surface area contributed by atoms with Gasteiger partial charge >= 0.3 is 5.97 Å². The second kappa shape index (κ2) is 8.78. The summed E-state index contributed by atoms with van der Waals surface area (Å²) in [4.78, 5) is 27.1. The van der Waals surface area contributed by atoms with E-state index in [1.54, 1.807) is 0 Å². The van der Waals surface area contributed by atoms with Crippen molar-refractivity contribution in [3.05, 3.63) is 64.0 Å². The number of rotatable bonds is 4. The van der Waals surface area contributed by atoms with Crippen molar-refractivity contribution >= 4 is 39.0 Å². The number of fused-ring (bicyclic) bond motifs is 2. The molecule has 0 spiro atoms. The van der Waals surface area contributed by atoms with E-state index in [0.29, 0.717) is 22.7 Å². The molecule has 4 rings (SSSR count). The summed E-state index contributed by atoms with van der Waals surface area (Å²) < 4.78 is 5.34. The van der Waals surface area contributed by atoms with E-state index in [4.69, 9.17) is 4.74 Å². The van der Waals surface area contributed by atoms with Crippen LogP contribution in [0.1, 0.15) is 63.8 Å². The second-order valence-electron chi connectivity index (χ2n) is 7.32. The Hall–Kier alpha value is -2.66. The number of esters is 1. The molecule has 1 heterocycles. The van der Waals surface area contributed by atoms with Crippen LogP contribution in [0.25, 0.3) is 10.8 Å². The molecule has 0 saturated heterocycles. The van der Waals surface area contributed by atoms with Crippen LogP contribution in [0.15, 0.2) is 42.5 Å². The Morgan fingerprint density at radius 2 is 1.76 bits per heavy atom. The van der Waals surface area contributed by atoms with Crippen LogP contribution in [-0.2, 0) is 17.6 Å². The number of carbonyl (C=O) groups excluding carboxylic acids is 2. The largest absolute Gasteiger partial charge is 0.462 e. The molecule has 5 heteroatoms. The van der Waals surface area contributed by atoms with Crippen molar-refractivity contribution in [1.29, 1.82) is 0 Å². The third-order valence-electron chi connectivity index (χ3n) is 5.41. The van der Waals surface area contributed by atoms with Gasteiger partial charge in [-0.2, -0.15) is 0 Å². The SMILES string of the molecule is CCOC(=O)c1c(NC(=O)c2cccc3ccccc23)sc2c1CCCCCC2. The number of nitrogens with one attached hydrogen (secondary N) is 1. The van der Waals surface area contributed by atoms with Crippen LogP contribution in [0, 0.1) is 0 Å². The standard InChI is InChI=1S/C24H25NO3S/c1-2-28-24(27)21-19-13-5-3-4-6-15-20(19)29-23(21)25-22(26)18-14-9-11-16-10-7-8-12-17(16)18/h7-12,14H,2-6,13,15H2,1H3,(H,25,26). The lowest BCUT2D eigenvalue weighted by Crippen LogP contribution is -2.15. The molecule has 3 aromatic rings. The second-order valence-corrected chi connectivity index (χ2v) is 8.43. The van der Waals surface area contributed by atoms with Crippen LogP contribution >= 0.6 is 11.3 Å². The van der Waals surface area contributed by atoms with Crippen molar-refractivity contribution in [2.24, 2.45) is 0 Å². The Morgan fingerprint density at radius 1 is 1.00 bits per heavy atom. The molecule has 0 bridgehead atoms. The molecule has 1 N–H and O–H groups in total. The molecule has 0 radical (unpaired) electrons. The van der Waals surface area contributed by atoms with Crippen molar-refractivity contribution in [2.75, 3.05) is 11.9 Å². The zero-order valence-electron chi connectivity index (χ0n) is 16.6. The number of carbonyl (C=O) groups is 2. The number of ether oxygens (including phenoxy) is 1. The summed E-state index contributed by atoms with van der Waals surface area (Å²) in [7, 11) is 0. The Balaban J connectivity index is 1.73. The highest BCUT2D eigenvalue weighted by Gasteiger charge is 2.26. The molecule has 2 aromatic carbocycles. The zero-order valence-corrected chi connectivity index (χ0v) is 17.4. The first-order valence-electron chi connectivity index (χ1n) is 10.3. The summed E-state index contributed by atoms with van der Waals surface area (Å²) >= 11 is 1.53. The van der Waals surface area contributed by atoms with Crippen LogP contribution in [0.3, 0.4) is 0 Å². The third kappa shape index (κ3) is 4.06. The molecule has 0 saturated carbocycles. The zero-order chi connectivity index (χ0) is 20.2. The molecule has 150 valence electrons. The highest BCUT2D eigenvalue weighted by atomic mass is 32.1. The smallest absolute Gasteiger partial charge is 0.341 e. The quantitative estimate of drug-likeness (QED) is 0.541. The minimum Gasteiger partial charge on any atom is -0.462 e. The Kier molecular flexibility index (Phi) is 5.95. The molecule has 1 aliphatic carbocycles. The number of hydrogen-bond acceptors (Lipinski definition) is 4.